The van der Waals surface area contributed by atoms with E-state index in [1.165, 1.54) is 99.8 Å². The van der Waals surface area contributed by atoms with Gasteiger partial charge in [0.15, 0.2) is 0 Å². The highest BCUT2D eigenvalue weighted by Gasteiger charge is 2.04. The van der Waals surface area contributed by atoms with Crippen LogP contribution in [0.3, 0.4) is 0 Å². The maximum atomic E-state index is 6.00. The second-order valence-electron chi connectivity index (χ2n) is 10.9. The van der Waals surface area contributed by atoms with Crippen molar-refractivity contribution in [3.63, 3.8) is 0 Å². The highest BCUT2D eigenvalue weighted by molar-refractivity contribution is 5.64. The molecule has 0 saturated carbocycles. The molecule has 2 rings (SSSR count). The zero-order valence-corrected chi connectivity index (χ0v) is 25.1. The first-order valence-corrected chi connectivity index (χ1v) is 15.3. The first-order valence-electron chi connectivity index (χ1n) is 15.3. The van der Waals surface area contributed by atoms with E-state index in [0.29, 0.717) is 13.2 Å². The van der Waals surface area contributed by atoms with Gasteiger partial charge in [-0.2, -0.15) is 0 Å². The predicted molar refractivity (Wildman–Crippen MR) is 164 cm³/mol. The van der Waals surface area contributed by atoms with Crippen LogP contribution in [0.25, 0.3) is 11.1 Å². The Bertz CT molecular complexity index is 771. The van der Waals surface area contributed by atoms with Gasteiger partial charge in [0.05, 0.1) is 13.2 Å². The van der Waals surface area contributed by atoms with Gasteiger partial charge in [-0.1, -0.05) is 75.9 Å². The smallest absolute Gasteiger partial charge is 0.0717 e. The normalized spacial score (nSPS) is 11.6. The minimum atomic E-state index is 0.677. The molecule has 0 aliphatic carbocycles. The molecule has 0 fully saturated rings. The number of unbranched alkanes of at least 4 members (excludes halogenated alkanes) is 6. The molecule has 2 aromatic carbocycles. The van der Waals surface area contributed by atoms with E-state index in [1.807, 2.05) is 0 Å². The number of nitrogens with zero attached hydrogens (tertiary/aromatic N) is 2. The monoisotopic (exact) mass is 524 g/mol. The van der Waals surface area contributed by atoms with Gasteiger partial charge in [0.25, 0.3) is 0 Å². The molecule has 0 atom stereocenters. The topological polar surface area (TPSA) is 24.9 Å². The molecule has 0 saturated heterocycles. The number of hydrogen-bond donors (Lipinski definition) is 0. The molecular weight excluding hydrogens is 468 g/mol. The zero-order valence-electron chi connectivity index (χ0n) is 25.1. The van der Waals surface area contributed by atoms with Crippen molar-refractivity contribution >= 4 is 0 Å². The van der Waals surface area contributed by atoms with Crippen molar-refractivity contribution < 1.29 is 9.47 Å². The fourth-order valence-corrected chi connectivity index (χ4v) is 4.72. The van der Waals surface area contributed by atoms with Crippen LogP contribution in [-0.4, -0.2) is 63.3 Å². The van der Waals surface area contributed by atoms with Crippen molar-refractivity contribution in [1.29, 1.82) is 0 Å². The SMILES string of the molecule is CCCCCN(C)CCCCOCc1cccc(-c2cccc(COCCCCN(C)CCCCC)c2)c1. The van der Waals surface area contributed by atoms with Crippen LogP contribution in [0.15, 0.2) is 48.5 Å². The average molecular weight is 525 g/mol. The third kappa shape index (κ3) is 15.0. The summed E-state index contributed by atoms with van der Waals surface area (Å²) in [5.74, 6) is 0. The summed E-state index contributed by atoms with van der Waals surface area (Å²) in [6, 6.07) is 17.5. The van der Waals surface area contributed by atoms with Gasteiger partial charge in [-0.3, -0.25) is 0 Å². The summed E-state index contributed by atoms with van der Waals surface area (Å²) < 4.78 is 12.0. The molecule has 214 valence electrons. The van der Waals surface area contributed by atoms with Gasteiger partial charge >= 0.3 is 0 Å². The summed E-state index contributed by atoms with van der Waals surface area (Å²) in [6.45, 7) is 12.3. The van der Waals surface area contributed by atoms with E-state index in [0.717, 1.165) is 26.1 Å². The predicted octanol–water partition coefficient (Wildman–Crippen LogP) is 8.19. The molecule has 0 aliphatic rings. The molecule has 0 heterocycles. The van der Waals surface area contributed by atoms with Crippen LogP contribution in [0.2, 0.25) is 0 Å². The number of rotatable bonds is 23. The van der Waals surface area contributed by atoms with E-state index in [2.05, 4.69) is 86.3 Å². The Morgan fingerprint density at radius 1 is 0.526 bits per heavy atom. The summed E-state index contributed by atoms with van der Waals surface area (Å²) >= 11 is 0. The first kappa shape index (κ1) is 32.5. The Kier molecular flexibility index (Phi) is 18.1. The molecule has 0 spiro atoms. The number of benzene rings is 2. The summed E-state index contributed by atoms with van der Waals surface area (Å²) in [5.41, 5.74) is 4.96. The van der Waals surface area contributed by atoms with E-state index in [-0.39, 0.29) is 0 Å². The molecular formula is C34H56N2O2. The van der Waals surface area contributed by atoms with Crippen molar-refractivity contribution in [3.8, 4) is 11.1 Å². The summed E-state index contributed by atoms with van der Waals surface area (Å²) in [4.78, 5) is 4.90. The fraction of sp³-hybridized carbons (Fsp3) is 0.647. The van der Waals surface area contributed by atoms with Crippen LogP contribution in [0, 0.1) is 0 Å². The second-order valence-corrected chi connectivity index (χ2v) is 10.9. The van der Waals surface area contributed by atoms with E-state index < -0.39 is 0 Å². The first-order chi connectivity index (χ1) is 18.6. The van der Waals surface area contributed by atoms with Gasteiger partial charge < -0.3 is 19.3 Å². The van der Waals surface area contributed by atoms with E-state index >= 15 is 0 Å². The maximum absolute atomic E-state index is 6.00. The lowest BCUT2D eigenvalue weighted by Gasteiger charge is -2.16. The minimum Gasteiger partial charge on any atom is -0.377 e. The second kappa shape index (κ2) is 21.1. The molecule has 0 aliphatic heterocycles. The van der Waals surface area contributed by atoms with Crippen LogP contribution in [0.4, 0.5) is 0 Å². The highest BCUT2D eigenvalue weighted by atomic mass is 16.5. The Labute approximate surface area is 234 Å². The number of hydrogen-bond acceptors (Lipinski definition) is 4. The van der Waals surface area contributed by atoms with Crippen LogP contribution >= 0.6 is 0 Å². The minimum absolute atomic E-state index is 0.677. The van der Waals surface area contributed by atoms with Gasteiger partial charge in [-0.05, 0) is 113 Å². The van der Waals surface area contributed by atoms with Crippen molar-refractivity contribution in [2.24, 2.45) is 0 Å². The average Bonchev–Trinajstić information content (AvgIpc) is 2.93. The largest absolute Gasteiger partial charge is 0.377 e. The van der Waals surface area contributed by atoms with Gasteiger partial charge in [0.1, 0.15) is 0 Å². The summed E-state index contributed by atoms with van der Waals surface area (Å²) in [7, 11) is 4.47. The molecule has 38 heavy (non-hydrogen) atoms. The van der Waals surface area contributed by atoms with Gasteiger partial charge in [0, 0.05) is 13.2 Å². The Hall–Kier alpha value is -1.72. The maximum Gasteiger partial charge on any atom is 0.0717 e. The highest BCUT2D eigenvalue weighted by Crippen LogP contribution is 2.22. The van der Waals surface area contributed by atoms with Crippen molar-refractivity contribution in [1.82, 2.24) is 9.80 Å². The Balaban J connectivity index is 1.65. The molecule has 4 nitrogen and oxygen atoms in total. The molecule has 0 unspecified atom stereocenters. The van der Waals surface area contributed by atoms with Gasteiger partial charge in [-0.15, -0.1) is 0 Å². The number of ether oxygens (including phenoxy) is 2. The molecule has 2 aromatic rings. The molecule has 0 aromatic heterocycles. The van der Waals surface area contributed by atoms with Gasteiger partial charge in [0.2, 0.25) is 0 Å². The lowest BCUT2D eigenvalue weighted by Crippen LogP contribution is -2.21. The van der Waals surface area contributed by atoms with E-state index in [4.69, 9.17) is 9.47 Å². The fourth-order valence-electron chi connectivity index (χ4n) is 4.72. The van der Waals surface area contributed by atoms with Crippen LogP contribution in [0.5, 0.6) is 0 Å². The quantitative estimate of drug-likeness (QED) is 0.137. The Morgan fingerprint density at radius 2 is 0.921 bits per heavy atom. The van der Waals surface area contributed by atoms with Crippen LogP contribution in [-0.2, 0) is 22.7 Å². The molecule has 0 radical (unpaired) electrons. The van der Waals surface area contributed by atoms with Crippen molar-refractivity contribution in [3.05, 3.63) is 59.7 Å². The summed E-state index contributed by atoms with van der Waals surface area (Å²) in [5, 5.41) is 0. The van der Waals surface area contributed by atoms with Crippen LogP contribution in [0.1, 0.15) is 89.2 Å². The third-order valence-electron chi connectivity index (χ3n) is 7.17. The van der Waals surface area contributed by atoms with Crippen molar-refractivity contribution in [2.75, 3.05) is 53.5 Å². The molecule has 0 N–H and O–H groups in total. The van der Waals surface area contributed by atoms with E-state index in [9.17, 15) is 0 Å². The van der Waals surface area contributed by atoms with Crippen molar-refractivity contribution in [2.45, 2.75) is 91.3 Å². The van der Waals surface area contributed by atoms with Gasteiger partial charge in [-0.25, -0.2) is 0 Å². The van der Waals surface area contributed by atoms with Crippen LogP contribution < -0.4 is 0 Å². The molecule has 0 bridgehead atoms. The molecule has 4 heteroatoms. The lowest BCUT2D eigenvalue weighted by molar-refractivity contribution is 0.115. The lowest BCUT2D eigenvalue weighted by atomic mass is 10.0. The zero-order chi connectivity index (χ0) is 27.3. The van der Waals surface area contributed by atoms with E-state index in [1.54, 1.807) is 0 Å². The summed E-state index contributed by atoms with van der Waals surface area (Å²) in [6.07, 6.45) is 12.5. The molecule has 0 amide bonds. The third-order valence-corrected chi connectivity index (χ3v) is 7.17. The standard InChI is InChI=1S/C34H56N2O2/c1-5-7-9-21-35(3)23-11-13-25-37-29-31-17-15-19-33(27-31)34-20-16-18-32(28-34)30-38-26-14-12-24-36(4)22-10-8-6-2/h15-20,27-28H,5-14,21-26,29-30H2,1-4H3. The Morgan fingerprint density at radius 3 is 1.32 bits per heavy atom.